The van der Waals surface area contributed by atoms with Gasteiger partial charge in [-0.05, 0) is 24.6 Å². The lowest BCUT2D eigenvalue weighted by Gasteiger charge is -2.34. The number of terminal acetylenes is 1. The fourth-order valence-electron chi connectivity index (χ4n) is 3.26. The number of aliphatic imine (C=N–C) groups is 1. The van der Waals surface area contributed by atoms with Gasteiger partial charge in [-0.15, -0.1) is 6.42 Å². The zero-order valence-corrected chi connectivity index (χ0v) is 12.5. The van der Waals surface area contributed by atoms with Crippen LogP contribution in [-0.2, 0) is 5.54 Å². The summed E-state index contributed by atoms with van der Waals surface area (Å²) in [6.07, 6.45) is 6.17. The largest absolute Gasteiger partial charge is 0.378 e. The summed E-state index contributed by atoms with van der Waals surface area (Å²) in [5.41, 5.74) is 5.05. The highest BCUT2D eigenvalue weighted by atomic mass is 32.2. The zero-order chi connectivity index (χ0) is 16.0. The minimum absolute atomic E-state index is 0.124. The van der Waals surface area contributed by atoms with Crippen LogP contribution in [0.2, 0.25) is 0 Å². The normalized spacial score (nSPS) is 32.4. The van der Waals surface area contributed by atoms with Crippen LogP contribution in [0, 0.1) is 35.4 Å². The summed E-state index contributed by atoms with van der Waals surface area (Å²) < 4.78 is 27.9. The number of nitrogens with zero attached hydrogens (tertiary/aromatic N) is 2. The molecule has 3 rings (SSSR count). The summed E-state index contributed by atoms with van der Waals surface area (Å²) in [4.78, 5) is 4.25. The molecule has 1 aromatic rings. The summed E-state index contributed by atoms with van der Waals surface area (Å²) in [5, 5.41) is 9.20. The second-order valence-electron chi connectivity index (χ2n) is 5.61. The van der Waals surface area contributed by atoms with Gasteiger partial charge in [0.05, 0.1) is 12.5 Å². The molecule has 2 N–H and O–H groups in total. The van der Waals surface area contributed by atoms with E-state index in [2.05, 4.69) is 17.0 Å². The van der Waals surface area contributed by atoms with E-state index in [1.807, 2.05) is 0 Å². The van der Waals surface area contributed by atoms with E-state index < -0.39 is 22.8 Å². The van der Waals surface area contributed by atoms with Crippen LogP contribution < -0.4 is 5.73 Å². The first kappa shape index (κ1) is 14.9. The Bertz CT molecular complexity index is 749. The van der Waals surface area contributed by atoms with Crippen LogP contribution in [0.25, 0.3) is 0 Å². The SMILES string of the molecule is C#Cc1ccc(F)c([C@@]2(CF)N=C(N)S[C@@]3(CC#N)C[C@H]32)c1. The van der Waals surface area contributed by atoms with Crippen molar-refractivity contribution in [2.45, 2.75) is 23.1 Å². The third-order valence-electron chi connectivity index (χ3n) is 4.40. The van der Waals surface area contributed by atoms with E-state index in [4.69, 9.17) is 17.4 Å². The van der Waals surface area contributed by atoms with E-state index in [1.165, 1.54) is 30.0 Å². The highest BCUT2D eigenvalue weighted by molar-refractivity contribution is 8.15. The van der Waals surface area contributed by atoms with Crippen molar-refractivity contribution in [3.63, 3.8) is 0 Å². The number of alkyl halides is 1. The van der Waals surface area contributed by atoms with E-state index in [-0.39, 0.29) is 23.1 Å². The van der Waals surface area contributed by atoms with Gasteiger partial charge in [-0.2, -0.15) is 5.26 Å². The van der Waals surface area contributed by atoms with Crippen molar-refractivity contribution < 1.29 is 8.78 Å². The molecule has 2 aliphatic rings. The van der Waals surface area contributed by atoms with E-state index in [1.54, 1.807) is 0 Å². The van der Waals surface area contributed by atoms with Gasteiger partial charge in [0, 0.05) is 21.8 Å². The van der Waals surface area contributed by atoms with E-state index in [0.717, 1.165) is 0 Å². The first-order chi connectivity index (χ1) is 10.5. The van der Waals surface area contributed by atoms with Crippen molar-refractivity contribution in [2.75, 3.05) is 6.67 Å². The molecule has 1 fully saturated rings. The summed E-state index contributed by atoms with van der Waals surface area (Å²) in [6.45, 7) is -0.878. The maximum Gasteiger partial charge on any atom is 0.155 e. The van der Waals surface area contributed by atoms with Crippen LogP contribution in [-0.4, -0.2) is 16.6 Å². The van der Waals surface area contributed by atoms with Gasteiger partial charge in [0.15, 0.2) is 5.17 Å². The molecule has 0 saturated heterocycles. The fourth-order valence-corrected chi connectivity index (χ4v) is 4.61. The average molecular weight is 317 g/mol. The van der Waals surface area contributed by atoms with Gasteiger partial charge in [-0.3, -0.25) is 0 Å². The first-order valence-corrected chi connectivity index (χ1v) is 7.57. The van der Waals surface area contributed by atoms with Crippen molar-refractivity contribution in [2.24, 2.45) is 16.6 Å². The summed E-state index contributed by atoms with van der Waals surface area (Å²) in [5.74, 6) is 1.61. The molecular weight excluding hydrogens is 304 g/mol. The molecule has 0 radical (unpaired) electrons. The second kappa shape index (κ2) is 5.00. The minimum Gasteiger partial charge on any atom is -0.378 e. The third-order valence-corrected chi connectivity index (χ3v) is 5.70. The predicted octanol–water partition coefficient (Wildman–Crippen LogP) is 2.71. The van der Waals surface area contributed by atoms with Crippen LogP contribution in [0.1, 0.15) is 24.0 Å². The molecule has 1 heterocycles. The number of thioether (sulfide) groups is 1. The molecule has 6 heteroatoms. The number of fused-ring (bicyclic) bond motifs is 1. The quantitative estimate of drug-likeness (QED) is 0.872. The summed E-state index contributed by atoms with van der Waals surface area (Å²) >= 11 is 1.29. The third kappa shape index (κ3) is 1.99. The number of amidine groups is 1. The second-order valence-corrected chi connectivity index (χ2v) is 7.04. The maximum absolute atomic E-state index is 14.3. The Morgan fingerprint density at radius 2 is 2.32 bits per heavy atom. The highest BCUT2D eigenvalue weighted by Crippen LogP contribution is 2.67. The van der Waals surface area contributed by atoms with Gasteiger partial charge >= 0.3 is 0 Å². The van der Waals surface area contributed by atoms with Crippen LogP contribution in [0.5, 0.6) is 0 Å². The van der Waals surface area contributed by atoms with Crippen LogP contribution in [0.3, 0.4) is 0 Å². The summed E-state index contributed by atoms with van der Waals surface area (Å²) in [6, 6.07) is 6.26. The molecule has 0 unspecified atom stereocenters. The Morgan fingerprint density at radius 3 is 2.95 bits per heavy atom. The molecule has 0 spiro atoms. The molecular formula is C16H13F2N3S. The van der Waals surface area contributed by atoms with Crippen LogP contribution in [0.15, 0.2) is 23.2 Å². The number of hydrogen-bond donors (Lipinski definition) is 1. The van der Waals surface area contributed by atoms with Crippen LogP contribution in [0.4, 0.5) is 8.78 Å². The van der Waals surface area contributed by atoms with Crippen molar-refractivity contribution >= 4 is 16.9 Å². The Balaban J connectivity index is 2.16. The van der Waals surface area contributed by atoms with Crippen LogP contribution >= 0.6 is 11.8 Å². The lowest BCUT2D eigenvalue weighted by molar-refractivity contribution is 0.263. The van der Waals surface area contributed by atoms with Crippen molar-refractivity contribution in [3.05, 3.63) is 35.1 Å². The van der Waals surface area contributed by atoms with Crippen molar-refractivity contribution in [3.8, 4) is 18.4 Å². The maximum atomic E-state index is 14.3. The van der Waals surface area contributed by atoms with E-state index in [0.29, 0.717) is 12.0 Å². The minimum atomic E-state index is -1.39. The Hall–Kier alpha value is -2.05. The Labute approximate surface area is 131 Å². The van der Waals surface area contributed by atoms with Gasteiger partial charge in [-0.25, -0.2) is 13.8 Å². The van der Waals surface area contributed by atoms with Gasteiger partial charge in [0.25, 0.3) is 0 Å². The van der Waals surface area contributed by atoms with Gasteiger partial charge in [0.1, 0.15) is 18.0 Å². The number of benzene rings is 1. The fraction of sp³-hybridized carbons (Fsp3) is 0.375. The first-order valence-electron chi connectivity index (χ1n) is 6.75. The number of hydrogen-bond acceptors (Lipinski definition) is 4. The molecule has 22 heavy (non-hydrogen) atoms. The van der Waals surface area contributed by atoms with Gasteiger partial charge < -0.3 is 5.73 Å². The average Bonchev–Trinajstić information content (AvgIpc) is 3.21. The molecule has 0 bridgehead atoms. The number of nitrogens with two attached hydrogens (primary N) is 1. The molecule has 112 valence electrons. The molecule has 1 aromatic carbocycles. The Kier molecular flexibility index (Phi) is 3.38. The molecule has 1 saturated carbocycles. The van der Waals surface area contributed by atoms with E-state index in [9.17, 15) is 8.78 Å². The lowest BCUT2D eigenvalue weighted by atomic mass is 9.84. The molecule has 3 atom stereocenters. The monoisotopic (exact) mass is 317 g/mol. The molecule has 1 aliphatic carbocycles. The van der Waals surface area contributed by atoms with Crippen molar-refractivity contribution in [1.29, 1.82) is 5.26 Å². The molecule has 0 amide bonds. The summed E-state index contributed by atoms with van der Waals surface area (Å²) in [7, 11) is 0. The zero-order valence-electron chi connectivity index (χ0n) is 11.6. The molecule has 0 aromatic heterocycles. The molecule has 1 aliphatic heterocycles. The smallest absolute Gasteiger partial charge is 0.155 e. The topological polar surface area (TPSA) is 62.2 Å². The van der Waals surface area contributed by atoms with Gasteiger partial charge in [-0.1, -0.05) is 17.7 Å². The number of halogens is 2. The standard InChI is InChI=1S/C16H13F2N3S/c1-2-10-3-4-12(18)11(7-10)16(9-17)13-8-15(13,5-6-19)22-14(20)21-16/h1,3-4,7,13H,5,8-9H2,(H2,20,21)/t13-,15+,16-/m1/s1. The van der Waals surface area contributed by atoms with Crippen molar-refractivity contribution in [1.82, 2.24) is 0 Å². The Morgan fingerprint density at radius 1 is 1.55 bits per heavy atom. The lowest BCUT2D eigenvalue weighted by Crippen LogP contribution is -2.40. The highest BCUT2D eigenvalue weighted by Gasteiger charge is 2.68. The molecule has 3 nitrogen and oxygen atoms in total. The van der Waals surface area contributed by atoms with Gasteiger partial charge in [0.2, 0.25) is 0 Å². The number of nitriles is 1. The number of rotatable bonds is 3. The van der Waals surface area contributed by atoms with E-state index >= 15 is 0 Å². The predicted molar refractivity (Wildman–Crippen MR) is 82.3 cm³/mol.